The maximum absolute atomic E-state index is 10.8. The summed E-state index contributed by atoms with van der Waals surface area (Å²) in [5.74, 6) is -0.538. The Morgan fingerprint density at radius 1 is 1.64 bits per heavy atom. The van der Waals surface area contributed by atoms with Crippen molar-refractivity contribution in [1.82, 2.24) is 0 Å². The molecule has 0 saturated carbocycles. The molecule has 0 atom stereocenters. The Bertz CT molecular complexity index is 315. The molecule has 0 aliphatic rings. The van der Waals surface area contributed by atoms with E-state index in [0.29, 0.717) is 5.56 Å². The van der Waals surface area contributed by atoms with Crippen LogP contribution in [0.2, 0.25) is 0 Å². The standard InChI is InChI=1S/C7H7NO3/c8-6(9)4-5-2-1-3-11-7(5)10/h1-3H,4H2,(H2,8,9). The van der Waals surface area contributed by atoms with Gasteiger partial charge < -0.3 is 10.2 Å². The van der Waals surface area contributed by atoms with Gasteiger partial charge in [-0.25, -0.2) is 4.79 Å². The van der Waals surface area contributed by atoms with E-state index >= 15 is 0 Å². The van der Waals surface area contributed by atoms with Crippen LogP contribution in [0.1, 0.15) is 5.56 Å². The summed E-state index contributed by atoms with van der Waals surface area (Å²) < 4.78 is 4.50. The van der Waals surface area contributed by atoms with Gasteiger partial charge in [-0.3, -0.25) is 4.79 Å². The molecule has 0 unspecified atom stereocenters. The minimum atomic E-state index is -0.538. The van der Waals surface area contributed by atoms with E-state index in [2.05, 4.69) is 4.42 Å². The summed E-state index contributed by atoms with van der Waals surface area (Å²) in [7, 11) is 0. The highest BCUT2D eigenvalue weighted by atomic mass is 16.4. The SMILES string of the molecule is NC(=O)Cc1cccoc1=O. The zero-order chi connectivity index (χ0) is 8.27. The maximum atomic E-state index is 10.8. The first-order valence-electron chi connectivity index (χ1n) is 3.05. The van der Waals surface area contributed by atoms with Crippen LogP contribution in [0.4, 0.5) is 0 Å². The highest BCUT2D eigenvalue weighted by Gasteiger charge is 2.02. The van der Waals surface area contributed by atoms with Crippen molar-refractivity contribution in [3.05, 3.63) is 34.4 Å². The van der Waals surface area contributed by atoms with Crippen molar-refractivity contribution in [2.24, 2.45) is 5.73 Å². The van der Waals surface area contributed by atoms with Crippen LogP contribution in [-0.2, 0) is 11.2 Å². The van der Waals surface area contributed by atoms with E-state index in [1.807, 2.05) is 0 Å². The largest absolute Gasteiger partial charge is 0.431 e. The number of amides is 1. The Balaban J connectivity index is 2.95. The van der Waals surface area contributed by atoms with Gasteiger partial charge >= 0.3 is 5.63 Å². The number of carbonyl (C=O) groups excluding carboxylic acids is 1. The van der Waals surface area contributed by atoms with Gasteiger partial charge in [0.1, 0.15) is 0 Å². The highest BCUT2D eigenvalue weighted by Crippen LogP contribution is 1.90. The first-order valence-corrected chi connectivity index (χ1v) is 3.05. The Hall–Kier alpha value is -1.58. The lowest BCUT2D eigenvalue weighted by atomic mass is 10.2. The summed E-state index contributed by atoms with van der Waals surface area (Å²) in [6.07, 6.45) is 1.19. The van der Waals surface area contributed by atoms with E-state index in [0.717, 1.165) is 0 Å². The topological polar surface area (TPSA) is 73.3 Å². The maximum Gasteiger partial charge on any atom is 0.339 e. The molecule has 0 saturated heterocycles. The molecule has 58 valence electrons. The molecule has 0 aromatic carbocycles. The molecular formula is C7H7NO3. The van der Waals surface area contributed by atoms with E-state index in [-0.39, 0.29) is 6.42 Å². The van der Waals surface area contributed by atoms with Gasteiger partial charge in [0.15, 0.2) is 0 Å². The van der Waals surface area contributed by atoms with Crippen molar-refractivity contribution >= 4 is 5.91 Å². The Labute approximate surface area is 62.6 Å². The summed E-state index contributed by atoms with van der Waals surface area (Å²) in [6.45, 7) is 0. The molecule has 0 aliphatic heterocycles. The van der Waals surface area contributed by atoms with Crippen molar-refractivity contribution in [3.8, 4) is 0 Å². The molecule has 1 aromatic heterocycles. The second-order valence-corrected chi connectivity index (χ2v) is 2.07. The fourth-order valence-corrected chi connectivity index (χ4v) is 0.719. The van der Waals surface area contributed by atoms with E-state index < -0.39 is 11.5 Å². The second kappa shape index (κ2) is 3.01. The minimum absolute atomic E-state index is 0.0663. The van der Waals surface area contributed by atoms with Crippen LogP contribution in [0.25, 0.3) is 0 Å². The van der Waals surface area contributed by atoms with Crippen LogP contribution in [0.15, 0.2) is 27.6 Å². The minimum Gasteiger partial charge on any atom is -0.431 e. The number of hydrogen-bond acceptors (Lipinski definition) is 3. The predicted octanol–water partition coefficient (Wildman–Crippen LogP) is -0.332. The van der Waals surface area contributed by atoms with Crippen LogP contribution < -0.4 is 11.4 Å². The molecule has 1 rings (SSSR count). The van der Waals surface area contributed by atoms with Gasteiger partial charge in [0.05, 0.1) is 12.7 Å². The van der Waals surface area contributed by atoms with E-state index in [1.165, 1.54) is 12.3 Å². The normalized spacial score (nSPS) is 9.45. The number of primary amides is 1. The average molecular weight is 153 g/mol. The van der Waals surface area contributed by atoms with Gasteiger partial charge in [0.2, 0.25) is 5.91 Å². The van der Waals surface area contributed by atoms with Gasteiger partial charge in [-0.05, 0) is 12.1 Å². The van der Waals surface area contributed by atoms with Gasteiger partial charge in [-0.2, -0.15) is 0 Å². The van der Waals surface area contributed by atoms with Gasteiger partial charge in [-0.15, -0.1) is 0 Å². The average Bonchev–Trinajstić information content (AvgIpc) is 1.93. The van der Waals surface area contributed by atoms with Crippen molar-refractivity contribution < 1.29 is 9.21 Å². The van der Waals surface area contributed by atoms with Crippen molar-refractivity contribution in [1.29, 1.82) is 0 Å². The van der Waals surface area contributed by atoms with Gasteiger partial charge in [-0.1, -0.05) is 0 Å². The van der Waals surface area contributed by atoms with Crippen molar-refractivity contribution in [2.75, 3.05) is 0 Å². The molecule has 2 N–H and O–H groups in total. The quantitative estimate of drug-likeness (QED) is 0.632. The zero-order valence-electron chi connectivity index (χ0n) is 5.74. The fourth-order valence-electron chi connectivity index (χ4n) is 0.719. The lowest BCUT2D eigenvalue weighted by Gasteiger charge is -1.91. The van der Waals surface area contributed by atoms with E-state index in [4.69, 9.17) is 5.73 Å². The van der Waals surface area contributed by atoms with Gasteiger partial charge in [0, 0.05) is 5.56 Å². The number of nitrogens with two attached hydrogens (primary N) is 1. The lowest BCUT2D eigenvalue weighted by Crippen LogP contribution is -2.18. The van der Waals surface area contributed by atoms with Gasteiger partial charge in [0.25, 0.3) is 0 Å². The third-order valence-electron chi connectivity index (χ3n) is 1.18. The molecule has 0 aliphatic carbocycles. The Morgan fingerprint density at radius 2 is 2.36 bits per heavy atom. The molecule has 4 nitrogen and oxygen atoms in total. The third-order valence-corrected chi connectivity index (χ3v) is 1.18. The summed E-state index contributed by atoms with van der Waals surface area (Å²) in [6, 6.07) is 3.05. The summed E-state index contributed by atoms with van der Waals surface area (Å²) in [5, 5.41) is 0. The molecule has 0 radical (unpaired) electrons. The highest BCUT2D eigenvalue weighted by molar-refractivity contribution is 5.76. The molecule has 0 spiro atoms. The lowest BCUT2D eigenvalue weighted by molar-refractivity contribution is -0.117. The smallest absolute Gasteiger partial charge is 0.339 e. The third kappa shape index (κ3) is 1.93. The van der Waals surface area contributed by atoms with Crippen molar-refractivity contribution in [2.45, 2.75) is 6.42 Å². The van der Waals surface area contributed by atoms with Crippen molar-refractivity contribution in [3.63, 3.8) is 0 Å². The number of rotatable bonds is 2. The van der Waals surface area contributed by atoms with Crippen LogP contribution in [0, 0.1) is 0 Å². The molecular weight excluding hydrogens is 146 g/mol. The number of hydrogen-bond donors (Lipinski definition) is 1. The van der Waals surface area contributed by atoms with Crippen LogP contribution in [0.5, 0.6) is 0 Å². The zero-order valence-corrected chi connectivity index (χ0v) is 5.74. The van der Waals surface area contributed by atoms with E-state index in [9.17, 15) is 9.59 Å². The Kier molecular flexibility index (Phi) is 2.06. The molecule has 1 aromatic rings. The molecule has 1 heterocycles. The van der Waals surface area contributed by atoms with Crippen LogP contribution in [-0.4, -0.2) is 5.91 Å². The first-order chi connectivity index (χ1) is 5.20. The first kappa shape index (κ1) is 7.53. The summed E-state index contributed by atoms with van der Waals surface area (Å²) >= 11 is 0. The van der Waals surface area contributed by atoms with Crippen LogP contribution in [0.3, 0.4) is 0 Å². The van der Waals surface area contributed by atoms with Crippen LogP contribution >= 0.6 is 0 Å². The molecule has 0 fully saturated rings. The summed E-state index contributed by atoms with van der Waals surface area (Å²) in [5.41, 5.74) is 4.66. The fraction of sp³-hybridized carbons (Fsp3) is 0.143. The predicted molar refractivity (Wildman–Crippen MR) is 37.9 cm³/mol. The molecule has 4 heteroatoms. The summed E-state index contributed by atoms with van der Waals surface area (Å²) in [4.78, 5) is 21.1. The number of carbonyl (C=O) groups is 1. The molecule has 1 amide bonds. The van der Waals surface area contributed by atoms with E-state index in [1.54, 1.807) is 6.07 Å². The molecule has 11 heavy (non-hydrogen) atoms. The molecule has 0 bridgehead atoms. The Morgan fingerprint density at radius 3 is 2.91 bits per heavy atom. The monoisotopic (exact) mass is 153 g/mol. The second-order valence-electron chi connectivity index (χ2n) is 2.07.